The van der Waals surface area contributed by atoms with E-state index >= 15 is 0 Å². The van der Waals surface area contributed by atoms with Crippen molar-refractivity contribution < 1.29 is 4.74 Å². The SMILES string of the molecule is CCNC(C)CCCOc1cccc2ccccc12. The predicted molar refractivity (Wildman–Crippen MR) is 81.8 cm³/mol. The summed E-state index contributed by atoms with van der Waals surface area (Å²) in [7, 11) is 0. The van der Waals surface area contributed by atoms with Gasteiger partial charge in [-0.05, 0) is 37.8 Å². The highest BCUT2D eigenvalue weighted by atomic mass is 16.5. The number of fused-ring (bicyclic) bond motifs is 1. The molecule has 0 spiro atoms. The number of rotatable bonds is 7. The molecule has 0 amide bonds. The van der Waals surface area contributed by atoms with Gasteiger partial charge in [-0.1, -0.05) is 43.3 Å². The van der Waals surface area contributed by atoms with Crippen molar-refractivity contribution in [3.05, 3.63) is 42.5 Å². The molecule has 0 radical (unpaired) electrons. The smallest absolute Gasteiger partial charge is 0.127 e. The molecule has 2 nitrogen and oxygen atoms in total. The van der Waals surface area contributed by atoms with Gasteiger partial charge in [-0.3, -0.25) is 0 Å². The largest absolute Gasteiger partial charge is 0.493 e. The van der Waals surface area contributed by atoms with E-state index in [1.54, 1.807) is 0 Å². The van der Waals surface area contributed by atoms with E-state index in [2.05, 4.69) is 61.6 Å². The predicted octanol–water partition coefficient (Wildman–Crippen LogP) is 4.00. The summed E-state index contributed by atoms with van der Waals surface area (Å²) < 4.78 is 5.92. The van der Waals surface area contributed by atoms with Crippen molar-refractivity contribution in [2.75, 3.05) is 13.2 Å². The van der Waals surface area contributed by atoms with Gasteiger partial charge in [-0.25, -0.2) is 0 Å². The fourth-order valence-corrected chi connectivity index (χ4v) is 2.34. The standard InChI is InChI=1S/C17H23NO/c1-3-18-14(2)8-7-13-19-17-12-6-10-15-9-4-5-11-16(15)17/h4-6,9-12,14,18H,3,7-8,13H2,1-2H3. The molecule has 0 saturated heterocycles. The minimum atomic E-state index is 0.570. The first-order valence-electron chi connectivity index (χ1n) is 7.15. The monoisotopic (exact) mass is 257 g/mol. The minimum absolute atomic E-state index is 0.570. The summed E-state index contributed by atoms with van der Waals surface area (Å²) in [5.41, 5.74) is 0. The van der Waals surface area contributed by atoms with Gasteiger partial charge in [0.2, 0.25) is 0 Å². The van der Waals surface area contributed by atoms with E-state index in [4.69, 9.17) is 4.74 Å². The lowest BCUT2D eigenvalue weighted by atomic mass is 10.1. The number of hydrogen-bond acceptors (Lipinski definition) is 2. The molecule has 0 saturated carbocycles. The molecule has 2 aromatic rings. The molecule has 2 aromatic carbocycles. The quantitative estimate of drug-likeness (QED) is 0.757. The highest BCUT2D eigenvalue weighted by molar-refractivity contribution is 5.88. The molecule has 2 heteroatoms. The lowest BCUT2D eigenvalue weighted by molar-refractivity contribution is 0.301. The van der Waals surface area contributed by atoms with E-state index in [9.17, 15) is 0 Å². The lowest BCUT2D eigenvalue weighted by Gasteiger charge is -2.13. The van der Waals surface area contributed by atoms with Gasteiger partial charge in [0.25, 0.3) is 0 Å². The van der Waals surface area contributed by atoms with Crippen molar-refractivity contribution in [1.29, 1.82) is 0 Å². The minimum Gasteiger partial charge on any atom is -0.493 e. The topological polar surface area (TPSA) is 21.3 Å². The maximum absolute atomic E-state index is 5.92. The lowest BCUT2D eigenvalue weighted by Crippen LogP contribution is -2.25. The third-order valence-corrected chi connectivity index (χ3v) is 3.34. The zero-order chi connectivity index (χ0) is 13.5. The Morgan fingerprint density at radius 3 is 2.74 bits per heavy atom. The summed E-state index contributed by atoms with van der Waals surface area (Å²) in [5, 5.41) is 5.85. The zero-order valence-electron chi connectivity index (χ0n) is 11.9. The van der Waals surface area contributed by atoms with E-state index in [0.717, 1.165) is 31.7 Å². The second-order valence-electron chi connectivity index (χ2n) is 4.93. The molecule has 0 bridgehead atoms. The van der Waals surface area contributed by atoms with Crippen LogP contribution in [0.4, 0.5) is 0 Å². The molecule has 19 heavy (non-hydrogen) atoms. The molecule has 1 unspecified atom stereocenters. The van der Waals surface area contributed by atoms with Gasteiger partial charge < -0.3 is 10.1 Å². The van der Waals surface area contributed by atoms with Crippen LogP contribution in [-0.4, -0.2) is 19.2 Å². The summed E-state index contributed by atoms with van der Waals surface area (Å²) in [5.74, 6) is 0.995. The van der Waals surface area contributed by atoms with E-state index in [1.807, 2.05) is 0 Å². The number of nitrogens with one attached hydrogen (secondary N) is 1. The number of ether oxygens (including phenoxy) is 1. The van der Waals surface area contributed by atoms with Crippen LogP contribution < -0.4 is 10.1 Å². The van der Waals surface area contributed by atoms with Crippen molar-refractivity contribution in [2.24, 2.45) is 0 Å². The fourth-order valence-electron chi connectivity index (χ4n) is 2.34. The van der Waals surface area contributed by atoms with Gasteiger partial charge in [0.15, 0.2) is 0 Å². The maximum atomic E-state index is 5.92. The summed E-state index contributed by atoms with van der Waals surface area (Å²) in [6.07, 6.45) is 2.23. The van der Waals surface area contributed by atoms with Crippen molar-refractivity contribution in [1.82, 2.24) is 5.32 Å². The Labute approximate surface area is 115 Å². The number of hydrogen-bond donors (Lipinski definition) is 1. The first-order chi connectivity index (χ1) is 9.31. The van der Waals surface area contributed by atoms with E-state index in [1.165, 1.54) is 10.8 Å². The van der Waals surface area contributed by atoms with Crippen molar-refractivity contribution in [3.63, 3.8) is 0 Å². The second kappa shape index (κ2) is 7.15. The van der Waals surface area contributed by atoms with E-state index in [0.29, 0.717) is 6.04 Å². The fraction of sp³-hybridized carbons (Fsp3) is 0.412. The van der Waals surface area contributed by atoms with Crippen LogP contribution in [0.5, 0.6) is 5.75 Å². The highest BCUT2D eigenvalue weighted by Crippen LogP contribution is 2.25. The van der Waals surface area contributed by atoms with Crippen molar-refractivity contribution in [3.8, 4) is 5.75 Å². The molecule has 0 aliphatic carbocycles. The molecule has 2 rings (SSSR count). The molecule has 0 heterocycles. The van der Waals surface area contributed by atoms with Crippen LogP contribution >= 0.6 is 0 Å². The average molecular weight is 257 g/mol. The van der Waals surface area contributed by atoms with Crippen LogP contribution in [0.15, 0.2) is 42.5 Å². The van der Waals surface area contributed by atoms with E-state index < -0.39 is 0 Å². The Morgan fingerprint density at radius 2 is 1.89 bits per heavy atom. The third-order valence-electron chi connectivity index (χ3n) is 3.34. The molecular formula is C17H23NO. The molecule has 0 fully saturated rings. The Hall–Kier alpha value is -1.54. The number of benzene rings is 2. The third kappa shape index (κ3) is 3.97. The van der Waals surface area contributed by atoms with Crippen LogP contribution in [0.3, 0.4) is 0 Å². The van der Waals surface area contributed by atoms with Crippen LogP contribution in [0, 0.1) is 0 Å². The van der Waals surface area contributed by atoms with E-state index in [-0.39, 0.29) is 0 Å². The Morgan fingerprint density at radius 1 is 1.11 bits per heavy atom. The Bertz CT molecular complexity index is 504. The Balaban J connectivity index is 1.88. The normalized spacial score (nSPS) is 12.5. The molecule has 0 aliphatic heterocycles. The van der Waals surface area contributed by atoms with Crippen LogP contribution in [0.1, 0.15) is 26.7 Å². The van der Waals surface area contributed by atoms with Crippen molar-refractivity contribution >= 4 is 10.8 Å². The van der Waals surface area contributed by atoms with Gasteiger partial charge in [0.1, 0.15) is 5.75 Å². The van der Waals surface area contributed by atoms with Gasteiger partial charge >= 0.3 is 0 Å². The zero-order valence-corrected chi connectivity index (χ0v) is 11.9. The van der Waals surface area contributed by atoms with Gasteiger partial charge in [0.05, 0.1) is 6.61 Å². The molecule has 1 atom stereocenters. The van der Waals surface area contributed by atoms with Gasteiger partial charge in [-0.15, -0.1) is 0 Å². The van der Waals surface area contributed by atoms with Crippen LogP contribution in [-0.2, 0) is 0 Å². The maximum Gasteiger partial charge on any atom is 0.127 e. The molecule has 102 valence electrons. The van der Waals surface area contributed by atoms with Crippen LogP contribution in [0.25, 0.3) is 10.8 Å². The summed E-state index contributed by atoms with van der Waals surface area (Å²) in [4.78, 5) is 0. The van der Waals surface area contributed by atoms with Gasteiger partial charge in [0, 0.05) is 11.4 Å². The second-order valence-corrected chi connectivity index (χ2v) is 4.93. The van der Waals surface area contributed by atoms with Crippen molar-refractivity contribution in [2.45, 2.75) is 32.7 Å². The average Bonchev–Trinajstić information content (AvgIpc) is 2.44. The van der Waals surface area contributed by atoms with Gasteiger partial charge in [-0.2, -0.15) is 0 Å². The summed E-state index contributed by atoms with van der Waals surface area (Å²) >= 11 is 0. The molecule has 0 aromatic heterocycles. The first-order valence-corrected chi connectivity index (χ1v) is 7.15. The van der Waals surface area contributed by atoms with Crippen LogP contribution in [0.2, 0.25) is 0 Å². The first kappa shape index (κ1) is 13.9. The summed E-state index contributed by atoms with van der Waals surface area (Å²) in [6, 6.07) is 15.2. The molecule has 0 aliphatic rings. The summed E-state index contributed by atoms with van der Waals surface area (Å²) in [6.45, 7) is 6.18. The molecule has 1 N–H and O–H groups in total. The molecular weight excluding hydrogens is 234 g/mol. The Kier molecular flexibility index (Phi) is 5.22. The highest BCUT2D eigenvalue weighted by Gasteiger charge is 2.02.